The van der Waals surface area contributed by atoms with Crippen LogP contribution in [-0.2, 0) is 0 Å². The molecule has 0 atom stereocenters. The molecule has 4 nitrogen and oxygen atoms in total. The van der Waals surface area contributed by atoms with Crippen LogP contribution in [-0.4, -0.2) is 15.0 Å². The molecule has 1 N–H and O–H groups in total. The van der Waals surface area contributed by atoms with Crippen LogP contribution in [0, 0.1) is 6.92 Å². The normalized spacial score (nSPS) is 10.6. The predicted octanol–water partition coefficient (Wildman–Crippen LogP) is 3.57. The molecule has 0 aliphatic heterocycles. The highest BCUT2D eigenvalue weighted by Gasteiger charge is 2.13. The van der Waals surface area contributed by atoms with Crippen molar-refractivity contribution < 1.29 is 0 Å². The van der Waals surface area contributed by atoms with E-state index >= 15 is 0 Å². The minimum Gasteiger partial charge on any atom is -0.305 e. The summed E-state index contributed by atoms with van der Waals surface area (Å²) in [6, 6.07) is 13.3. The number of aromatic nitrogens is 3. The third-order valence-electron chi connectivity index (χ3n) is 3.18. The van der Waals surface area contributed by atoms with Crippen LogP contribution in [0.25, 0.3) is 22.8 Å². The molecule has 3 rings (SSSR count). The standard InChI is InChI=1S/C16H12BrN3O/c1-10-13(11-6-3-2-4-7-11)19-15(20-16(10)21)14-12(17)8-5-9-18-14/h2-9H,1H3,(H,19,20,21). The lowest BCUT2D eigenvalue weighted by Crippen LogP contribution is -2.14. The molecule has 2 aromatic heterocycles. The average Bonchev–Trinajstić information content (AvgIpc) is 2.51. The number of benzene rings is 1. The summed E-state index contributed by atoms with van der Waals surface area (Å²) in [6.07, 6.45) is 1.67. The van der Waals surface area contributed by atoms with Crippen molar-refractivity contribution in [3.63, 3.8) is 0 Å². The first kappa shape index (κ1) is 13.7. The van der Waals surface area contributed by atoms with Gasteiger partial charge in [-0.3, -0.25) is 9.78 Å². The van der Waals surface area contributed by atoms with Gasteiger partial charge in [0, 0.05) is 21.8 Å². The molecular formula is C16H12BrN3O. The lowest BCUT2D eigenvalue weighted by Gasteiger charge is -2.08. The third-order valence-corrected chi connectivity index (χ3v) is 3.82. The Morgan fingerprint density at radius 2 is 1.81 bits per heavy atom. The van der Waals surface area contributed by atoms with E-state index in [1.165, 1.54) is 0 Å². The Kier molecular flexibility index (Phi) is 3.66. The monoisotopic (exact) mass is 341 g/mol. The maximum Gasteiger partial charge on any atom is 0.254 e. The second kappa shape index (κ2) is 5.61. The molecule has 0 amide bonds. The summed E-state index contributed by atoms with van der Waals surface area (Å²) in [4.78, 5) is 23.8. The lowest BCUT2D eigenvalue weighted by atomic mass is 10.1. The Labute approximate surface area is 130 Å². The Morgan fingerprint density at radius 1 is 1.05 bits per heavy atom. The lowest BCUT2D eigenvalue weighted by molar-refractivity contribution is 1.07. The van der Waals surface area contributed by atoms with Gasteiger partial charge in [-0.2, -0.15) is 0 Å². The van der Waals surface area contributed by atoms with E-state index in [1.54, 1.807) is 13.1 Å². The van der Waals surface area contributed by atoms with E-state index in [4.69, 9.17) is 0 Å². The molecule has 0 aliphatic carbocycles. The number of nitrogens with zero attached hydrogens (tertiary/aromatic N) is 2. The van der Waals surface area contributed by atoms with Gasteiger partial charge in [-0.05, 0) is 35.0 Å². The molecule has 0 radical (unpaired) electrons. The summed E-state index contributed by atoms with van der Waals surface area (Å²) >= 11 is 3.43. The number of halogens is 1. The molecule has 2 heterocycles. The van der Waals surface area contributed by atoms with Gasteiger partial charge in [0.1, 0.15) is 5.69 Å². The third kappa shape index (κ3) is 2.64. The first-order chi connectivity index (χ1) is 10.2. The molecule has 5 heteroatoms. The van der Waals surface area contributed by atoms with Crippen molar-refractivity contribution in [1.82, 2.24) is 15.0 Å². The largest absolute Gasteiger partial charge is 0.305 e. The van der Waals surface area contributed by atoms with E-state index < -0.39 is 0 Å². The second-order valence-electron chi connectivity index (χ2n) is 4.59. The Balaban J connectivity index is 2.24. The molecule has 0 unspecified atom stereocenters. The van der Waals surface area contributed by atoms with Gasteiger partial charge < -0.3 is 4.98 Å². The summed E-state index contributed by atoms with van der Waals surface area (Å²) < 4.78 is 0.788. The number of H-pyrrole nitrogens is 1. The summed E-state index contributed by atoms with van der Waals surface area (Å²) in [5.74, 6) is 0.455. The van der Waals surface area contributed by atoms with Crippen molar-refractivity contribution in [2.75, 3.05) is 0 Å². The summed E-state index contributed by atoms with van der Waals surface area (Å²) in [7, 11) is 0. The maximum absolute atomic E-state index is 12.2. The van der Waals surface area contributed by atoms with Gasteiger partial charge in [0.15, 0.2) is 5.82 Å². The first-order valence-corrected chi connectivity index (χ1v) is 7.23. The van der Waals surface area contributed by atoms with Gasteiger partial charge in [-0.25, -0.2) is 4.98 Å². The van der Waals surface area contributed by atoms with Crippen LogP contribution in [0.5, 0.6) is 0 Å². The van der Waals surface area contributed by atoms with E-state index in [0.29, 0.717) is 22.8 Å². The van der Waals surface area contributed by atoms with E-state index in [0.717, 1.165) is 10.0 Å². The van der Waals surface area contributed by atoms with E-state index in [9.17, 15) is 4.79 Å². The van der Waals surface area contributed by atoms with Gasteiger partial charge in [0.2, 0.25) is 0 Å². The van der Waals surface area contributed by atoms with E-state index in [2.05, 4.69) is 30.9 Å². The zero-order valence-corrected chi connectivity index (χ0v) is 12.9. The van der Waals surface area contributed by atoms with Gasteiger partial charge in [-0.15, -0.1) is 0 Å². The van der Waals surface area contributed by atoms with Crippen LogP contribution in [0.2, 0.25) is 0 Å². The quantitative estimate of drug-likeness (QED) is 0.775. The highest BCUT2D eigenvalue weighted by molar-refractivity contribution is 9.10. The average molecular weight is 342 g/mol. The molecule has 0 spiro atoms. The molecule has 0 saturated carbocycles. The molecule has 1 aromatic carbocycles. The molecule has 21 heavy (non-hydrogen) atoms. The number of rotatable bonds is 2. The SMILES string of the molecule is Cc1c(-c2ccccc2)nc(-c2ncccc2Br)[nH]c1=O. The van der Waals surface area contributed by atoms with E-state index in [1.807, 2.05) is 42.5 Å². The molecule has 0 fully saturated rings. The Morgan fingerprint density at radius 3 is 2.52 bits per heavy atom. The summed E-state index contributed by atoms with van der Waals surface area (Å²) in [6.45, 7) is 1.77. The molecular weight excluding hydrogens is 330 g/mol. The smallest absolute Gasteiger partial charge is 0.254 e. The number of aromatic amines is 1. The number of pyridine rings is 1. The Hall–Kier alpha value is -2.27. The molecule has 0 aliphatic rings. The van der Waals surface area contributed by atoms with Gasteiger partial charge >= 0.3 is 0 Å². The van der Waals surface area contributed by atoms with Crippen molar-refractivity contribution >= 4 is 15.9 Å². The molecule has 0 bridgehead atoms. The summed E-state index contributed by atoms with van der Waals surface area (Å²) in [5.41, 5.74) is 2.64. The molecule has 104 valence electrons. The zero-order valence-electron chi connectivity index (χ0n) is 11.3. The van der Waals surface area contributed by atoms with Gasteiger partial charge in [0.25, 0.3) is 5.56 Å². The summed E-state index contributed by atoms with van der Waals surface area (Å²) in [5, 5.41) is 0. The van der Waals surface area contributed by atoms with Crippen LogP contribution in [0.4, 0.5) is 0 Å². The van der Waals surface area contributed by atoms with Crippen molar-refractivity contribution in [3.8, 4) is 22.8 Å². The maximum atomic E-state index is 12.2. The zero-order chi connectivity index (χ0) is 14.8. The van der Waals surface area contributed by atoms with Gasteiger partial charge in [0.05, 0.1) is 5.69 Å². The topological polar surface area (TPSA) is 58.6 Å². The van der Waals surface area contributed by atoms with Crippen molar-refractivity contribution in [2.24, 2.45) is 0 Å². The van der Waals surface area contributed by atoms with Crippen LogP contribution < -0.4 is 5.56 Å². The molecule has 3 aromatic rings. The highest BCUT2D eigenvalue weighted by atomic mass is 79.9. The van der Waals surface area contributed by atoms with Crippen LogP contribution in [0.3, 0.4) is 0 Å². The van der Waals surface area contributed by atoms with Crippen molar-refractivity contribution in [3.05, 3.63) is 69.1 Å². The second-order valence-corrected chi connectivity index (χ2v) is 5.44. The number of hydrogen-bond acceptors (Lipinski definition) is 3. The van der Waals surface area contributed by atoms with Crippen LogP contribution in [0.1, 0.15) is 5.56 Å². The van der Waals surface area contributed by atoms with Crippen molar-refractivity contribution in [1.29, 1.82) is 0 Å². The predicted molar refractivity (Wildman–Crippen MR) is 86.0 cm³/mol. The van der Waals surface area contributed by atoms with Gasteiger partial charge in [-0.1, -0.05) is 30.3 Å². The van der Waals surface area contributed by atoms with E-state index in [-0.39, 0.29) is 5.56 Å². The first-order valence-electron chi connectivity index (χ1n) is 6.44. The van der Waals surface area contributed by atoms with Crippen LogP contribution >= 0.6 is 15.9 Å². The highest BCUT2D eigenvalue weighted by Crippen LogP contribution is 2.25. The number of nitrogens with one attached hydrogen (secondary N) is 1. The van der Waals surface area contributed by atoms with Crippen molar-refractivity contribution in [2.45, 2.75) is 6.92 Å². The fourth-order valence-electron chi connectivity index (χ4n) is 2.08. The fourth-order valence-corrected chi connectivity index (χ4v) is 2.52. The minimum absolute atomic E-state index is 0.156. The minimum atomic E-state index is -0.156. The Bertz CT molecular complexity index is 844. The molecule has 0 saturated heterocycles. The fraction of sp³-hybridized carbons (Fsp3) is 0.0625. The van der Waals surface area contributed by atoms with Crippen LogP contribution in [0.15, 0.2) is 57.9 Å². The number of hydrogen-bond donors (Lipinski definition) is 1.